The number of halogens is 1. The van der Waals surface area contributed by atoms with Gasteiger partial charge in [0.1, 0.15) is 0 Å². The average Bonchev–Trinajstić information content (AvgIpc) is 2.78. The van der Waals surface area contributed by atoms with E-state index in [4.69, 9.17) is 11.6 Å². The Kier molecular flexibility index (Phi) is 6.50. The molecule has 0 atom stereocenters. The minimum atomic E-state index is -3.77. The van der Waals surface area contributed by atoms with E-state index in [9.17, 15) is 18.0 Å². The number of rotatable bonds is 6. The van der Waals surface area contributed by atoms with Gasteiger partial charge >= 0.3 is 0 Å². The van der Waals surface area contributed by atoms with E-state index >= 15 is 0 Å². The van der Waals surface area contributed by atoms with Crippen LogP contribution in [0.2, 0.25) is 5.02 Å². The second-order valence-corrected chi connectivity index (χ2v) is 9.77. The molecule has 1 fully saturated rings. The topological polar surface area (TPSA) is 103 Å². The van der Waals surface area contributed by atoms with Gasteiger partial charge in [-0.05, 0) is 47.9 Å². The first-order chi connectivity index (χ1) is 15.3. The van der Waals surface area contributed by atoms with Crippen molar-refractivity contribution in [1.82, 2.24) is 14.6 Å². The number of amides is 1. The molecule has 2 aromatic carbocycles. The maximum Gasteiger partial charge on any atom is 0.248 e. The van der Waals surface area contributed by atoms with E-state index in [1.165, 1.54) is 18.2 Å². The highest BCUT2D eigenvalue weighted by molar-refractivity contribution is 7.89. The van der Waals surface area contributed by atoms with E-state index < -0.39 is 10.0 Å². The van der Waals surface area contributed by atoms with Crippen LogP contribution in [0.25, 0.3) is 10.9 Å². The number of hydrogen-bond acceptors (Lipinski definition) is 5. The summed E-state index contributed by atoms with van der Waals surface area (Å²) in [4.78, 5) is 30.6. The maximum atomic E-state index is 12.6. The summed E-state index contributed by atoms with van der Waals surface area (Å²) in [6, 6.07) is 15.0. The first-order valence-electron chi connectivity index (χ1n) is 10.2. The lowest BCUT2D eigenvalue weighted by atomic mass is 10.2. The number of nitrogens with zero attached hydrogens (tertiary/aromatic N) is 2. The van der Waals surface area contributed by atoms with Gasteiger partial charge in [0, 0.05) is 61.4 Å². The number of carbonyl (C=O) groups excluding carboxylic acids is 1. The third-order valence-corrected chi connectivity index (χ3v) is 7.14. The molecule has 2 N–H and O–H groups in total. The van der Waals surface area contributed by atoms with E-state index in [0.29, 0.717) is 42.1 Å². The van der Waals surface area contributed by atoms with Crippen molar-refractivity contribution in [2.75, 3.05) is 37.6 Å². The molecule has 1 amide bonds. The van der Waals surface area contributed by atoms with Crippen molar-refractivity contribution in [2.45, 2.75) is 11.3 Å². The van der Waals surface area contributed by atoms with Crippen molar-refractivity contribution in [1.29, 1.82) is 0 Å². The van der Waals surface area contributed by atoms with Gasteiger partial charge in [0.05, 0.1) is 4.90 Å². The lowest BCUT2D eigenvalue weighted by Gasteiger charge is -2.36. The van der Waals surface area contributed by atoms with E-state index in [0.717, 1.165) is 5.69 Å². The molecule has 2 heterocycles. The van der Waals surface area contributed by atoms with Crippen LogP contribution >= 0.6 is 11.6 Å². The summed E-state index contributed by atoms with van der Waals surface area (Å²) < 4.78 is 27.7. The SMILES string of the molecule is O=C(CCNS(=O)(=O)c1ccc2[nH]c(=O)ccc2c1)N1CCN(c2cccc(Cl)c2)CC1. The number of fused-ring (bicyclic) bond motifs is 1. The van der Waals surface area contributed by atoms with Gasteiger partial charge in [0.2, 0.25) is 21.5 Å². The summed E-state index contributed by atoms with van der Waals surface area (Å²) in [5, 5.41) is 1.29. The van der Waals surface area contributed by atoms with Gasteiger partial charge in [-0.25, -0.2) is 13.1 Å². The number of aromatic nitrogens is 1. The Bertz CT molecular complexity index is 1300. The summed E-state index contributed by atoms with van der Waals surface area (Å²) in [5.74, 6) is -0.0884. The first kappa shape index (κ1) is 22.3. The predicted octanol–water partition coefficient (Wildman–Crippen LogP) is 2.20. The molecule has 0 unspecified atom stereocenters. The lowest BCUT2D eigenvalue weighted by Crippen LogP contribution is -2.49. The lowest BCUT2D eigenvalue weighted by molar-refractivity contribution is -0.131. The molecular weight excluding hydrogens is 452 g/mol. The van der Waals surface area contributed by atoms with Crippen LogP contribution in [0.4, 0.5) is 5.69 Å². The highest BCUT2D eigenvalue weighted by Crippen LogP contribution is 2.21. The minimum absolute atomic E-state index is 0.0132. The quantitative estimate of drug-likeness (QED) is 0.570. The molecule has 1 aliphatic heterocycles. The van der Waals surface area contributed by atoms with Crippen molar-refractivity contribution >= 4 is 44.1 Å². The Hall–Kier alpha value is -2.88. The van der Waals surface area contributed by atoms with Gasteiger partial charge in [0.25, 0.3) is 0 Å². The molecule has 1 aromatic heterocycles. The van der Waals surface area contributed by atoms with Crippen molar-refractivity contribution in [2.24, 2.45) is 0 Å². The predicted molar refractivity (Wildman–Crippen MR) is 125 cm³/mol. The molecule has 1 saturated heterocycles. The molecule has 8 nitrogen and oxygen atoms in total. The number of aromatic amines is 1. The molecule has 4 rings (SSSR count). The number of hydrogen-bond donors (Lipinski definition) is 2. The zero-order valence-corrected chi connectivity index (χ0v) is 18.8. The molecule has 0 radical (unpaired) electrons. The normalized spacial score (nSPS) is 14.7. The van der Waals surface area contributed by atoms with Crippen molar-refractivity contribution < 1.29 is 13.2 Å². The van der Waals surface area contributed by atoms with Crippen LogP contribution in [0.15, 0.2) is 64.3 Å². The number of H-pyrrole nitrogens is 1. The molecule has 3 aromatic rings. The molecule has 0 saturated carbocycles. The first-order valence-corrected chi connectivity index (χ1v) is 12.1. The Morgan fingerprint density at radius 3 is 2.56 bits per heavy atom. The number of nitrogens with one attached hydrogen (secondary N) is 2. The van der Waals surface area contributed by atoms with Crippen LogP contribution in [0, 0.1) is 0 Å². The maximum absolute atomic E-state index is 12.6. The number of piperazine rings is 1. The van der Waals surface area contributed by atoms with E-state index in [1.807, 2.05) is 24.3 Å². The van der Waals surface area contributed by atoms with Crippen molar-refractivity contribution in [3.05, 3.63) is 70.0 Å². The molecule has 0 bridgehead atoms. The second-order valence-electron chi connectivity index (χ2n) is 7.57. The molecule has 0 spiro atoms. The number of anilines is 1. The van der Waals surface area contributed by atoms with Crippen LogP contribution in [0.5, 0.6) is 0 Å². The van der Waals surface area contributed by atoms with Crippen molar-refractivity contribution in [3.8, 4) is 0 Å². The zero-order chi connectivity index (χ0) is 22.7. The average molecular weight is 475 g/mol. The Morgan fingerprint density at radius 1 is 1.03 bits per heavy atom. The highest BCUT2D eigenvalue weighted by Gasteiger charge is 2.22. The van der Waals surface area contributed by atoms with E-state index in [1.54, 1.807) is 17.0 Å². The van der Waals surface area contributed by atoms with Crippen LogP contribution in [0.1, 0.15) is 6.42 Å². The second kappa shape index (κ2) is 9.32. The third-order valence-electron chi connectivity index (χ3n) is 5.44. The summed E-state index contributed by atoms with van der Waals surface area (Å²) in [6.45, 7) is 2.54. The Labute approximate surface area is 190 Å². The van der Waals surface area contributed by atoms with Gasteiger partial charge < -0.3 is 14.8 Å². The molecule has 168 valence electrons. The molecule has 32 heavy (non-hydrogen) atoms. The summed E-state index contributed by atoms with van der Waals surface area (Å²) in [6.07, 6.45) is 0.0807. The number of sulfonamides is 1. The van der Waals surface area contributed by atoms with Gasteiger partial charge in [0.15, 0.2) is 0 Å². The minimum Gasteiger partial charge on any atom is -0.368 e. The monoisotopic (exact) mass is 474 g/mol. The summed E-state index contributed by atoms with van der Waals surface area (Å²) in [5.41, 5.74) is 1.33. The van der Waals surface area contributed by atoms with Gasteiger partial charge in [-0.15, -0.1) is 0 Å². The Balaban J connectivity index is 1.30. The fraction of sp³-hybridized carbons (Fsp3) is 0.273. The van der Waals surface area contributed by atoms with Crippen LogP contribution in [-0.2, 0) is 14.8 Å². The molecule has 1 aliphatic rings. The van der Waals surface area contributed by atoms with Crippen LogP contribution < -0.4 is 15.2 Å². The number of benzene rings is 2. The van der Waals surface area contributed by atoms with Crippen LogP contribution in [0.3, 0.4) is 0 Å². The molecular formula is C22H23ClN4O4S. The number of pyridine rings is 1. The summed E-state index contributed by atoms with van der Waals surface area (Å²) >= 11 is 6.06. The van der Waals surface area contributed by atoms with Crippen LogP contribution in [-0.4, -0.2) is 56.9 Å². The highest BCUT2D eigenvalue weighted by atomic mass is 35.5. The van der Waals surface area contributed by atoms with Gasteiger partial charge in [-0.1, -0.05) is 17.7 Å². The van der Waals surface area contributed by atoms with Gasteiger partial charge in [-0.3, -0.25) is 9.59 Å². The fourth-order valence-corrected chi connectivity index (χ4v) is 4.97. The van der Waals surface area contributed by atoms with Gasteiger partial charge in [-0.2, -0.15) is 0 Å². The molecule has 10 heteroatoms. The number of carbonyl (C=O) groups is 1. The largest absolute Gasteiger partial charge is 0.368 e. The van der Waals surface area contributed by atoms with Crippen molar-refractivity contribution in [3.63, 3.8) is 0 Å². The van der Waals surface area contributed by atoms with E-state index in [-0.39, 0.29) is 29.3 Å². The molecule has 0 aliphatic carbocycles. The fourth-order valence-electron chi connectivity index (χ4n) is 3.72. The smallest absolute Gasteiger partial charge is 0.248 e. The standard InChI is InChI=1S/C22H23ClN4O4S/c23-17-2-1-3-18(15-17)26-10-12-27(13-11-26)22(29)8-9-24-32(30,31)19-5-6-20-16(14-19)4-7-21(28)25-20/h1-7,14-15,24H,8-13H2,(H,25,28). The summed E-state index contributed by atoms with van der Waals surface area (Å²) in [7, 11) is -3.77. The zero-order valence-electron chi connectivity index (χ0n) is 17.3. The van der Waals surface area contributed by atoms with E-state index in [2.05, 4.69) is 14.6 Å². The third kappa shape index (κ3) is 5.12. The Morgan fingerprint density at radius 2 is 1.81 bits per heavy atom.